The predicted molar refractivity (Wildman–Crippen MR) is 66.7 cm³/mol. The summed E-state index contributed by atoms with van der Waals surface area (Å²) in [6, 6.07) is 0. The van der Waals surface area contributed by atoms with Crippen molar-refractivity contribution in [2.75, 3.05) is 0 Å². The predicted octanol–water partition coefficient (Wildman–Crippen LogP) is 5.46. The van der Waals surface area contributed by atoms with Crippen molar-refractivity contribution >= 4 is 0 Å². The summed E-state index contributed by atoms with van der Waals surface area (Å²) in [5.74, 6) is -19.6. The molecule has 0 amide bonds. The number of hydrogen-bond donors (Lipinski definition) is 0. The quantitative estimate of drug-likeness (QED) is 0.524. The van der Waals surface area contributed by atoms with Crippen molar-refractivity contribution in [2.45, 2.75) is 20.3 Å². The number of hydrogen-bond acceptors (Lipinski definition) is 1. The summed E-state index contributed by atoms with van der Waals surface area (Å²) in [5, 5.41) is 0. The van der Waals surface area contributed by atoms with Gasteiger partial charge in [0.25, 0.3) is 0 Å². The molecule has 0 aliphatic carbocycles. The van der Waals surface area contributed by atoms with Crippen molar-refractivity contribution in [2.24, 2.45) is 0 Å². The Morgan fingerprint density at radius 1 is 0.583 bits per heavy atom. The van der Waals surface area contributed by atoms with Crippen LogP contribution in [0.2, 0.25) is 0 Å². The molecule has 0 N–H and O–H groups in total. The monoisotopic (exact) mass is 356 g/mol. The van der Waals surface area contributed by atoms with Gasteiger partial charge in [-0.1, -0.05) is 6.92 Å². The van der Waals surface area contributed by atoms with E-state index < -0.39 is 75.6 Å². The maximum Gasteiger partial charge on any atom is 0.205 e. The maximum atomic E-state index is 13.8. The third kappa shape index (κ3) is 2.57. The van der Waals surface area contributed by atoms with E-state index in [1.807, 2.05) is 0 Å². The van der Waals surface area contributed by atoms with Crippen LogP contribution < -0.4 is 4.74 Å². The first-order valence-corrected chi connectivity index (χ1v) is 6.48. The molecule has 2 aromatic rings. The molecule has 24 heavy (non-hydrogen) atoms. The van der Waals surface area contributed by atoms with Gasteiger partial charge in [-0.05, 0) is 13.3 Å². The van der Waals surface area contributed by atoms with Crippen LogP contribution in [0.5, 0.6) is 11.5 Å². The van der Waals surface area contributed by atoms with Gasteiger partial charge in [-0.25, -0.2) is 17.6 Å². The molecule has 0 aliphatic rings. The molecule has 2 rings (SSSR count). The molecule has 0 bridgehead atoms. The van der Waals surface area contributed by atoms with E-state index in [1.165, 1.54) is 6.92 Å². The van der Waals surface area contributed by atoms with Crippen LogP contribution in [0, 0.1) is 53.5 Å². The zero-order chi connectivity index (χ0) is 18.3. The summed E-state index contributed by atoms with van der Waals surface area (Å²) in [4.78, 5) is 0. The summed E-state index contributed by atoms with van der Waals surface area (Å²) in [6.45, 7) is 1.90. The van der Waals surface area contributed by atoms with Gasteiger partial charge >= 0.3 is 0 Å². The highest BCUT2D eigenvalue weighted by atomic mass is 19.2. The molecule has 0 fully saturated rings. The van der Waals surface area contributed by atoms with E-state index in [4.69, 9.17) is 0 Å². The molecule has 0 heterocycles. The first kappa shape index (κ1) is 18.0. The van der Waals surface area contributed by atoms with Crippen molar-refractivity contribution in [1.29, 1.82) is 0 Å². The van der Waals surface area contributed by atoms with Gasteiger partial charge in [-0.2, -0.15) is 17.6 Å². The van der Waals surface area contributed by atoms with E-state index in [0.29, 0.717) is 6.92 Å². The van der Waals surface area contributed by atoms with Crippen LogP contribution in [-0.2, 0) is 6.42 Å². The van der Waals surface area contributed by atoms with Crippen molar-refractivity contribution in [3.8, 4) is 11.5 Å². The van der Waals surface area contributed by atoms with Gasteiger partial charge in [0.05, 0.1) is 0 Å². The minimum Gasteiger partial charge on any atom is -0.444 e. The van der Waals surface area contributed by atoms with Gasteiger partial charge in [0.15, 0.2) is 23.3 Å². The summed E-state index contributed by atoms with van der Waals surface area (Å²) >= 11 is 0. The Balaban J connectivity index is 2.71. The summed E-state index contributed by atoms with van der Waals surface area (Å²) in [6.07, 6.45) is -0.428. The molecule has 0 saturated carbocycles. The first-order chi connectivity index (χ1) is 11.1. The van der Waals surface area contributed by atoms with Crippen LogP contribution in [0.1, 0.15) is 18.1 Å². The fraction of sp³-hybridized carbons (Fsp3) is 0.200. The van der Waals surface area contributed by atoms with Gasteiger partial charge in [-0.3, -0.25) is 0 Å². The first-order valence-electron chi connectivity index (χ1n) is 6.48. The standard InChI is InChI=1S/C15H8F8O/c1-3-5-8(18)12(22)15(13(23)9(5)19)24-14-10(20)6(16)4(2)7(17)11(14)21/h3H2,1-2H3. The summed E-state index contributed by atoms with van der Waals surface area (Å²) in [7, 11) is 0. The maximum absolute atomic E-state index is 13.8. The fourth-order valence-corrected chi connectivity index (χ4v) is 1.97. The molecule has 0 atom stereocenters. The average molecular weight is 356 g/mol. The van der Waals surface area contributed by atoms with Crippen LogP contribution in [0.15, 0.2) is 0 Å². The zero-order valence-corrected chi connectivity index (χ0v) is 12.1. The topological polar surface area (TPSA) is 9.23 Å². The van der Waals surface area contributed by atoms with E-state index in [0.717, 1.165) is 0 Å². The molecule has 9 heteroatoms. The molecular weight excluding hydrogens is 348 g/mol. The lowest BCUT2D eigenvalue weighted by Crippen LogP contribution is -2.08. The van der Waals surface area contributed by atoms with Crippen LogP contribution in [0.3, 0.4) is 0 Å². The third-order valence-electron chi connectivity index (χ3n) is 3.31. The molecular formula is C15H8F8O. The Labute approximate surface area is 130 Å². The highest BCUT2D eigenvalue weighted by Gasteiger charge is 2.30. The van der Waals surface area contributed by atoms with Crippen molar-refractivity contribution in [3.05, 3.63) is 57.7 Å². The van der Waals surface area contributed by atoms with E-state index in [-0.39, 0.29) is 0 Å². The second-order valence-corrected chi connectivity index (χ2v) is 4.73. The van der Waals surface area contributed by atoms with Gasteiger partial charge in [0, 0.05) is 11.1 Å². The highest BCUT2D eigenvalue weighted by molar-refractivity contribution is 5.41. The second kappa shape index (κ2) is 6.29. The molecule has 0 radical (unpaired) electrons. The molecule has 0 aromatic heterocycles. The molecule has 1 nitrogen and oxygen atoms in total. The number of rotatable bonds is 3. The normalized spacial score (nSPS) is 11.1. The summed E-state index contributed by atoms with van der Waals surface area (Å²) in [5.41, 5.74) is -2.00. The molecule has 0 saturated heterocycles. The van der Waals surface area contributed by atoms with E-state index in [1.54, 1.807) is 0 Å². The van der Waals surface area contributed by atoms with Gasteiger partial charge in [-0.15, -0.1) is 0 Å². The Morgan fingerprint density at radius 3 is 1.25 bits per heavy atom. The molecule has 0 spiro atoms. The average Bonchev–Trinajstić information content (AvgIpc) is 2.56. The fourth-order valence-electron chi connectivity index (χ4n) is 1.97. The Bertz CT molecular complexity index is 773. The third-order valence-corrected chi connectivity index (χ3v) is 3.31. The van der Waals surface area contributed by atoms with Gasteiger partial charge < -0.3 is 4.74 Å². The molecule has 2 aromatic carbocycles. The largest absolute Gasteiger partial charge is 0.444 e. The van der Waals surface area contributed by atoms with Crippen LogP contribution in [-0.4, -0.2) is 0 Å². The Hall–Kier alpha value is -2.32. The highest BCUT2D eigenvalue weighted by Crippen LogP contribution is 2.37. The number of ether oxygens (including phenoxy) is 1. The lowest BCUT2D eigenvalue weighted by molar-refractivity contribution is 0.320. The lowest BCUT2D eigenvalue weighted by atomic mass is 10.1. The van der Waals surface area contributed by atoms with Crippen LogP contribution in [0.25, 0.3) is 0 Å². The second-order valence-electron chi connectivity index (χ2n) is 4.73. The van der Waals surface area contributed by atoms with Crippen molar-refractivity contribution < 1.29 is 39.9 Å². The van der Waals surface area contributed by atoms with Crippen molar-refractivity contribution in [1.82, 2.24) is 0 Å². The Morgan fingerprint density at radius 2 is 0.917 bits per heavy atom. The SMILES string of the molecule is CCc1c(F)c(F)c(Oc2c(F)c(F)c(C)c(F)c2F)c(F)c1F. The number of halogens is 8. The molecule has 0 aliphatic heterocycles. The summed E-state index contributed by atoms with van der Waals surface area (Å²) < 4.78 is 113. The molecule has 0 unspecified atom stereocenters. The van der Waals surface area contributed by atoms with E-state index >= 15 is 0 Å². The Kier molecular flexibility index (Phi) is 4.73. The van der Waals surface area contributed by atoms with Crippen LogP contribution in [0.4, 0.5) is 35.1 Å². The smallest absolute Gasteiger partial charge is 0.205 e. The zero-order valence-electron chi connectivity index (χ0n) is 12.1. The minimum absolute atomic E-state index is 0.428. The van der Waals surface area contributed by atoms with E-state index in [9.17, 15) is 35.1 Å². The minimum atomic E-state index is -2.11. The number of benzene rings is 2. The van der Waals surface area contributed by atoms with Crippen LogP contribution >= 0.6 is 0 Å². The van der Waals surface area contributed by atoms with Gasteiger partial charge in [0.1, 0.15) is 0 Å². The van der Waals surface area contributed by atoms with Crippen molar-refractivity contribution in [3.63, 3.8) is 0 Å². The lowest BCUT2D eigenvalue weighted by Gasteiger charge is -2.14. The molecule has 130 valence electrons. The van der Waals surface area contributed by atoms with Gasteiger partial charge in [0.2, 0.25) is 34.8 Å². The van der Waals surface area contributed by atoms with E-state index in [2.05, 4.69) is 4.74 Å².